The zero-order valence-corrected chi connectivity index (χ0v) is 19.4. The fraction of sp³-hybridized carbons (Fsp3) is 0.0800. The van der Waals surface area contributed by atoms with Crippen LogP contribution in [-0.4, -0.2) is 32.0 Å². The number of pyridine rings is 3. The lowest BCUT2D eigenvalue weighted by molar-refractivity contribution is 0.892. The summed E-state index contributed by atoms with van der Waals surface area (Å²) in [6.45, 7) is 0.720. The minimum absolute atomic E-state index is 0.402. The van der Waals surface area contributed by atoms with Gasteiger partial charge in [-0.25, -0.2) is 19.9 Å². The second kappa shape index (κ2) is 8.91. The Morgan fingerprint density at radius 2 is 1.85 bits per heavy atom. The van der Waals surface area contributed by atoms with Gasteiger partial charge in [-0.1, -0.05) is 34.1 Å². The third-order valence-electron chi connectivity index (χ3n) is 5.35. The van der Waals surface area contributed by atoms with Crippen LogP contribution < -0.4 is 10.6 Å². The first kappa shape index (κ1) is 21.0. The molecule has 0 amide bonds. The van der Waals surface area contributed by atoms with Gasteiger partial charge >= 0.3 is 0 Å². The van der Waals surface area contributed by atoms with Crippen LogP contribution in [0.4, 0.5) is 11.6 Å². The van der Waals surface area contributed by atoms with Crippen LogP contribution in [-0.2, 0) is 6.54 Å². The lowest BCUT2D eigenvalue weighted by atomic mass is 10.0. The zero-order valence-electron chi connectivity index (χ0n) is 17.9. The smallest absolute Gasteiger partial charge is 0.165 e. The molecule has 8 heteroatoms. The van der Waals surface area contributed by atoms with Crippen LogP contribution in [0.5, 0.6) is 0 Å². The van der Waals surface area contributed by atoms with Gasteiger partial charge in [-0.05, 0) is 53.1 Å². The van der Waals surface area contributed by atoms with Gasteiger partial charge in [0.1, 0.15) is 18.0 Å². The second-order valence-electron chi connectivity index (χ2n) is 7.65. The monoisotopic (exact) mass is 497 g/mol. The third kappa shape index (κ3) is 4.38. The van der Waals surface area contributed by atoms with E-state index < -0.39 is 0 Å². The standard InChI is InChI=1S/C25H20BrN7/c1-33(14-16-4-3-9-28-12-16)22-8-7-18(13-29-22)21-11-20(17-5-2-6-19(26)10-17)23-24(27)30-15-31-25(23)32-21/h2-13,15H,14H2,1H3,(H2,27,30,31,32). The first-order valence-corrected chi connectivity index (χ1v) is 11.1. The molecular weight excluding hydrogens is 478 g/mol. The van der Waals surface area contributed by atoms with Gasteiger partial charge < -0.3 is 10.6 Å². The van der Waals surface area contributed by atoms with E-state index in [4.69, 9.17) is 10.7 Å². The van der Waals surface area contributed by atoms with E-state index in [1.807, 2.05) is 74.0 Å². The van der Waals surface area contributed by atoms with Gasteiger partial charge in [0.25, 0.3) is 0 Å². The average Bonchev–Trinajstić information content (AvgIpc) is 2.84. The lowest BCUT2D eigenvalue weighted by Crippen LogP contribution is -2.17. The molecule has 4 aromatic heterocycles. The Kier molecular flexibility index (Phi) is 5.66. The number of hydrogen-bond donors (Lipinski definition) is 1. The van der Waals surface area contributed by atoms with E-state index in [2.05, 4.69) is 40.8 Å². The van der Waals surface area contributed by atoms with Gasteiger partial charge in [-0.15, -0.1) is 0 Å². The minimum atomic E-state index is 0.402. The average molecular weight is 498 g/mol. The molecular formula is C25H20BrN7. The van der Waals surface area contributed by atoms with Crippen molar-refractivity contribution >= 4 is 38.6 Å². The number of benzene rings is 1. The molecule has 0 saturated carbocycles. The Labute approximate surface area is 199 Å². The first-order chi connectivity index (χ1) is 16.1. The normalized spacial score (nSPS) is 11.0. The molecule has 5 aromatic rings. The molecule has 1 aromatic carbocycles. The summed E-state index contributed by atoms with van der Waals surface area (Å²) in [6, 6.07) is 18.1. The van der Waals surface area contributed by atoms with Crippen LogP contribution >= 0.6 is 15.9 Å². The summed E-state index contributed by atoms with van der Waals surface area (Å²) in [5.41, 5.74) is 11.5. The summed E-state index contributed by atoms with van der Waals surface area (Å²) in [4.78, 5) is 24.2. The summed E-state index contributed by atoms with van der Waals surface area (Å²) in [7, 11) is 2.01. The molecule has 0 atom stereocenters. The van der Waals surface area contributed by atoms with Crippen LogP contribution in [0.25, 0.3) is 33.4 Å². The predicted octanol–water partition coefficient (Wildman–Crippen LogP) is 5.13. The molecule has 0 aliphatic heterocycles. The number of rotatable bonds is 5. The van der Waals surface area contributed by atoms with E-state index >= 15 is 0 Å². The van der Waals surface area contributed by atoms with E-state index in [0.29, 0.717) is 11.5 Å². The quantitative estimate of drug-likeness (QED) is 0.359. The van der Waals surface area contributed by atoms with Crippen LogP contribution in [0.3, 0.4) is 0 Å². The molecule has 7 nitrogen and oxygen atoms in total. The number of anilines is 2. The van der Waals surface area contributed by atoms with Crippen molar-refractivity contribution in [3.63, 3.8) is 0 Å². The molecule has 0 aliphatic carbocycles. The van der Waals surface area contributed by atoms with Crippen molar-refractivity contribution in [3.05, 3.63) is 89.6 Å². The first-order valence-electron chi connectivity index (χ1n) is 10.3. The highest BCUT2D eigenvalue weighted by molar-refractivity contribution is 9.10. The molecule has 2 N–H and O–H groups in total. The Balaban J connectivity index is 1.53. The number of nitrogens with two attached hydrogens (primary N) is 1. The van der Waals surface area contributed by atoms with Crippen LogP contribution in [0.1, 0.15) is 5.56 Å². The Morgan fingerprint density at radius 1 is 0.939 bits per heavy atom. The number of aromatic nitrogens is 5. The molecule has 0 radical (unpaired) electrons. The lowest BCUT2D eigenvalue weighted by Gasteiger charge is -2.18. The summed E-state index contributed by atoms with van der Waals surface area (Å²) in [5, 5.41) is 0.736. The van der Waals surface area contributed by atoms with Crippen molar-refractivity contribution in [2.45, 2.75) is 6.54 Å². The van der Waals surface area contributed by atoms with Gasteiger partial charge in [0.05, 0.1) is 11.1 Å². The van der Waals surface area contributed by atoms with Crippen molar-refractivity contribution in [2.75, 3.05) is 17.7 Å². The fourth-order valence-corrected chi connectivity index (χ4v) is 4.13. The molecule has 0 unspecified atom stereocenters. The largest absolute Gasteiger partial charge is 0.383 e. The van der Waals surface area contributed by atoms with E-state index in [1.165, 1.54) is 6.33 Å². The number of fused-ring (bicyclic) bond motifs is 1. The maximum atomic E-state index is 6.21. The molecule has 4 heterocycles. The molecule has 0 spiro atoms. The number of nitrogens with zero attached hydrogens (tertiary/aromatic N) is 6. The van der Waals surface area contributed by atoms with Crippen LogP contribution in [0, 0.1) is 0 Å². The predicted molar refractivity (Wildman–Crippen MR) is 134 cm³/mol. The molecule has 0 saturated heterocycles. The van der Waals surface area contributed by atoms with Crippen LogP contribution in [0.15, 0.2) is 84.0 Å². The fourth-order valence-electron chi connectivity index (χ4n) is 3.73. The van der Waals surface area contributed by atoms with Gasteiger partial charge in [0.2, 0.25) is 0 Å². The summed E-state index contributed by atoms with van der Waals surface area (Å²) < 4.78 is 0.976. The number of halogens is 1. The summed E-state index contributed by atoms with van der Waals surface area (Å²) in [6.07, 6.45) is 6.90. The van der Waals surface area contributed by atoms with E-state index in [-0.39, 0.29) is 0 Å². The molecule has 162 valence electrons. The van der Waals surface area contributed by atoms with Crippen molar-refractivity contribution in [3.8, 4) is 22.4 Å². The molecule has 0 aliphatic rings. The van der Waals surface area contributed by atoms with Gasteiger partial charge in [-0.2, -0.15) is 0 Å². The Morgan fingerprint density at radius 3 is 2.61 bits per heavy atom. The highest BCUT2D eigenvalue weighted by Gasteiger charge is 2.14. The van der Waals surface area contributed by atoms with Crippen molar-refractivity contribution < 1.29 is 0 Å². The summed E-state index contributed by atoms with van der Waals surface area (Å²) >= 11 is 3.55. The number of hydrogen-bond acceptors (Lipinski definition) is 7. The van der Waals surface area contributed by atoms with Gasteiger partial charge in [-0.3, -0.25) is 4.98 Å². The Hall–Kier alpha value is -3.91. The Bertz CT molecular complexity index is 1420. The van der Waals surface area contributed by atoms with Gasteiger partial charge in [0, 0.05) is 42.2 Å². The highest BCUT2D eigenvalue weighted by Crippen LogP contribution is 2.34. The summed E-state index contributed by atoms with van der Waals surface area (Å²) in [5.74, 6) is 1.27. The van der Waals surface area contributed by atoms with Crippen molar-refractivity contribution in [1.82, 2.24) is 24.9 Å². The topological polar surface area (TPSA) is 93.7 Å². The van der Waals surface area contributed by atoms with E-state index in [1.54, 1.807) is 6.20 Å². The molecule has 0 fully saturated rings. The number of nitrogen functional groups attached to an aromatic ring is 1. The van der Waals surface area contributed by atoms with E-state index in [0.717, 1.165) is 50.2 Å². The van der Waals surface area contributed by atoms with Crippen molar-refractivity contribution in [1.29, 1.82) is 0 Å². The van der Waals surface area contributed by atoms with Crippen LogP contribution in [0.2, 0.25) is 0 Å². The SMILES string of the molecule is CN(Cc1cccnc1)c1ccc(-c2cc(-c3cccc(Br)c3)c3c(N)ncnc3n2)cn1. The highest BCUT2D eigenvalue weighted by atomic mass is 79.9. The molecule has 0 bridgehead atoms. The minimum Gasteiger partial charge on any atom is -0.383 e. The molecule has 33 heavy (non-hydrogen) atoms. The maximum absolute atomic E-state index is 6.21. The molecule has 5 rings (SSSR count). The van der Waals surface area contributed by atoms with Crippen molar-refractivity contribution in [2.24, 2.45) is 0 Å². The maximum Gasteiger partial charge on any atom is 0.165 e. The van der Waals surface area contributed by atoms with E-state index in [9.17, 15) is 0 Å². The zero-order chi connectivity index (χ0) is 22.8. The second-order valence-corrected chi connectivity index (χ2v) is 8.56. The third-order valence-corrected chi connectivity index (χ3v) is 5.84. The van der Waals surface area contributed by atoms with Gasteiger partial charge in [0.15, 0.2) is 5.65 Å².